The largest absolute Gasteiger partial charge is 0.390 e. The lowest BCUT2D eigenvalue weighted by atomic mass is 9.58. The quantitative estimate of drug-likeness (QED) is 0.607. The van der Waals surface area contributed by atoms with Gasteiger partial charge in [-0.1, -0.05) is 13.8 Å². The van der Waals surface area contributed by atoms with Gasteiger partial charge in [0.15, 0.2) is 5.79 Å². The summed E-state index contributed by atoms with van der Waals surface area (Å²) in [7, 11) is 0. The number of hydrogen-bond acceptors (Lipinski definition) is 5. The van der Waals surface area contributed by atoms with Gasteiger partial charge >= 0.3 is 0 Å². The Labute approximate surface area is 131 Å². The van der Waals surface area contributed by atoms with Gasteiger partial charge in [-0.15, -0.1) is 0 Å². The lowest BCUT2D eigenvalue weighted by Gasteiger charge is -2.55. The van der Waals surface area contributed by atoms with Crippen molar-refractivity contribution in [1.29, 1.82) is 0 Å². The van der Waals surface area contributed by atoms with Crippen molar-refractivity contribution in [3.05, 3.63) is 0 Å². The molecule has 1 aliphatic heterocycles. The number of isothiocyanates is 1. The molecule has 0 aromatic heterocycles. The van der Waals surface area contributed by atoms with Crippen LogP contribution in [-0.2, 0) is 4.74 Å². The lowest BCUT2D eigenvalue weighted by molar-refractivity contribution is -0.296. The maximum absolute atomic E-state index is 10.9. The minimum absolute atomic E-state index is 0.0850. The number of aliphatic imine (C=N–C) groups is 1. The van der Waals surface area contributed by atoms with Gasteiger partial charge in [0.2, 0.25) is 0 Å². The predicted molar refractivity (Wildman–Crippen MR) is 83.0 cm³/mol. The number of aliphatic hydroxyl groups is 2. The van der Waals surface area contributed by atoms with Crippen LogP contribution in [0, 0.1) is 23.7 Å². The van der Waals surface area contributed by atoms with E-state index < -0.39 is 17.5 Å². The molecule has 5 heteroatoms. The van der Waals surface area contributed by atoms with E-state index in [1.54, 1.807) is 6.92 Å². The number of nitrogens with zero attached hydrogens (tertiary/aromatic N) is 1. The fraction of sp³-hybridized carbons (Fsp3) is 0.938. The molecule has 0 radical (unpaired) electrons. The maximum atomic E-state index is 10.9. The van der Waals surface area contributed by atoms with Gasteiger partial charge in [-0.25, -0.2) is 4.99 Å². The highest BCUT2D eigenvalue weighted by molar-refractivity contribution is 7.78. The first-order chi connectivity index (χ1) is 9.69. The molecule has 2 aliphatic carbocycles. The Morgan fingerprint density at radius 2 is 2.05 bits per heavy atom. The van der Waals surface area contributed by atoms with Crippen LogP contribution in [0.1, 0.15) is 47.0 Å². The van der Waals surface area contributed by atoms with E-state index in [1.807, 2.05) is 0 Å². The summed E-state index contributed by atoms with van der Waals surface area (Å²) in [6, 6.07) is 0. The van der Waals surface area contributed by atoms with E-state index in [0.717, 1.165) is 19.3 Å². The zero-order valence-corrected chi connectivity index (χ0v) is 14.0. The van der Waals surface area contributed by atoms with Crippen molar-refractivity contribution < 1.29 is 14.9 Å². The van der Waals surface area contributed by atoms with Crippen LogP contribution in [0.3, 0.4) is 0 Å². The van der Waals surface area contributed by atoms with Crippen molar-refractivity contribution in [2.24, 2.45) is 28.7 Å². The monoisotopic (exact) mass is 311 g/mol. The SMILES string of the molecule is CC(C)[C@@H]1CC[C@](C)(N=C=S)[C@@H]2C[C@@H]3[C@@H](O)[C@@]21O[C@@]3(C)O. The number of fused-ring (bicyclic) bond motifs is 1. The summed E-state index contributed by atoms with van der Waals surface area (Å²) in [5.41, 5.74) is -1.05. The van der Waals surface area contributed by atoms with E-state index in [4.69, 9.17) is 17.0 Å². The minimum atomic E-state index is -1.25. The first kappa shape index (κ1) is 15.6. The highest BCUT2D eigenvalue weighted by atomic mass is 32.1. The van der Waals surface area contributed by atoms with Gasteiger partial charge in [0, 0.05) is 11.8 Å². The third kappa shape index (κ3) is 1.85. The second-order valence-electron chi connectivity index (χ2n) is 7.80. The van der Waals surface area contributed by atoms with Gasteiger partial charge in [-0.2, -0.15) is 0 Å². The Bertz CT molecular complexity index is 502. The van der Waals surface area contributed by atoms with E-state index in [0.29, 0.717) is 5.92 Å². The summed E-state index contributed by atoms with van der Waals surface area (Å²) in [6.07, 6.45) is 1.95. The van der Waals surface area contributed by atoms with Crippen LogP contribution in [0.2, 0.25) is 0 Å². The molecular weight excluding hydrogens is 286 g/mol. The van der Waals surface area contributed by atoms with Gasteiger partial charge in [-0.05, 0) is 57.2 Å². The molecule has 1 spiro atoms. The van der Waals surface area contributed by atoms with Crippen molar-refractivity contribution in [2.45, 2.75) is 70.0 Å². The number of ether oxygens (including phenoxy) is 1. The first-order valence-electron chi connectivity index (χ1n) is 7.88. The molecule has 0 aromatic rings. The van der Waals surface area contributed by atoms with Crippen LogP contribution in [0.25, 0.3) is 0 Å². The number of aliphatic hydroxyl groups excluding tert-OH is 1. The molecule has 0 amide bonds. The fourth-order valence-electron chi connectivity index (χ4n) is 5.40. The van der Waals surface area contributed by atoms with Gasteiger partial charge in [-0.3, -0.25) is 0 Å². The lowest BCUT2D eigenvalue weighted by Crippen LogP contribution is -2.62. The molecule has 1 heterocycles. The number of thiocarbonyl (C=S) groups is 1. The molecule has 2 N–H and O–H groups in total. The number of rotatable bonds is 2. The second kappa shape index (κ2) is 4.59. The summed E-state index contributed by atoms with van der Waals surface area (Å²) in [5.74, 6) is -0.799. The molecule has 118 valence electrons. The van der Waals surface area contributed by atoms with E-state index in [9.17, 15) is 10.2 Å². The van der Waals surface area contributed by atoms with Gasteiger partial charge in [0.1, 0.15) is 5.60 Å². The molecule has 0 aromatic carbocycles. The molecule has 3 aliphatic rings. The molecule has 21 heavy (non-hydrogen) atoms. The highest BCUT2D eigenvalue weighted by Gasteiger charge is 2.75. The molecule has 2 saturated carbocycles. The molecule has 3 rings (SSSR count). The standard InChI is InChI=1S/C16H25NO3S/c1-9(2)10-5-6-14(3,17-8-21)12-7-11-13(18)16(10,12)20-15(11,4)19/h9-13,18-19H,5-7H2,1-4H3/t10-,11+,12-,13+,14-,15+,16-/m0/s1. The molecule has 0 unspecified atom stereocenters. The average Bonchev–Trinajstić information content (AvgIpc) is 2.74. The molecule has 3 fully saturated rings. The Morgan fingerprint density at radius 1 is 1.38 bits per heavy atom. The van der Waals surface area contributed by atoms with E-state index >= 15 is 0 Å². The Hall–Kier alpha value is -0.320. The second-order valence-corrected chi connectivity index (χ2v) is 7.98. The zero-order valence-electron chi connectivity index (χ0n) is 13.2. The van der Waals surface area contributed by atoms with Gasteiger partial charge in [0.05, 0.1) is 16.8 Å². The summed E-state index contributed by atoms with van der Waals surface area (Å²) >= 11 is 4.83. The molecule has 4 nitrogen and oxygen atoms in total. The summed E-state index contributed by atoms with van der Waals surface area (Å²) in [6.45, 7) is 8.09. The summed E-state index contributed by atoms with van der Waals surface area (Å²) in [5, 5.41) is 24.0. The van der Waals surface area contributed by atoms with Crippen molar-refractivity contribution in [1.82, 2.24) is 0 Å². The number of hydrogen-bond donors (Lipinski definition) is 2. The van der Waals surface area contributed by atoms with E-state index in [-0.39, 0.29) is 23.3 Å². The van der Waals surface area contributed by atoms with Crippen LogP contribution >= 0.6 is 12.2 Å². The van der Waals surface area contributed by atoms with Crippen molar-refractivity contribution in [2.75, 3.05) is 0 Å². The predicted octanol–water partition coefficient (Wildman–Crippen LogP) is 2.39. The Balaban J connectivity index is 2.11. The Kier molecular flexibility index (Phi) is 3.40. The van der Waals surface area contributed by atoms with Gasteiger partial charge < -0.3 is 14.9 Å². The minimum Gasteiger partial charge on any atom is -0.390 e. The fourth-order valence-corrected chi connectivity index (χ4v) is 5.61. The smallest absolute Gasteiger partial charge is 0.168 e. The van der Waals surface area contributed by atoms with Crippen LogP contribution < -0.4 is 0 Å². The highest BCUT2D eigenvalue weighted by Crippen LogP contribution is 2.66. The van der Waals surface area contributed by atoms with Crippen LogP contribution in [0.5, 0.6) is 0 Å². The molecule has 1 saturated heterocycles. The van der Waals surface area contributed by atoms with E-state index in [1.165, 1.54) is 0 Å². The van der Waals surface area contributed by atoms with Gasteiger partial charge in [0.25, 0.3) is 0 Å². The Morgan fingerprint density at radius 3 is 2.57 bits per heavy atom. The normalized spacial score (nSPS) is 55.4. The molecular formula is C16H25NO3S. The van der Waals surface area contributed by atoms with Crippen molar-refractivity contribution in [3.8, 4) is 0 Å². The molecule has 2 bridgehead atoms. The third-order valence-corrected chi connectivity index (χ3v) is 6.44. The van der Waals surface area contributed by atoms with E-state index in [2.05, 4.69) is 30.9 Å². The average molecular weight is 311 g/mol. The maximum Gasteiger partial charge on any atom is 0.168 e. The zero-order chi connectivity index (χ0) is 15.6. The van der Waals surface area contributed by atoms with Crippen LogP contribution in [0.4, 0.5) is 0 Å². The van der Waals surface area contributed by atoms with Crippen molar-refractivity contribution >= 4 is 17.4 Å². The van der Waals surface area contributed by atoms with Crippen molar-refractivity contribution in [3.63, 3.8) is 0 Å². The summed E-state index contributed by atoms with van der Waals surface area (Å²) < 4.78 is 6.15. The van der Waals surface area contributed by atoms with Crippen LogP contribution in [-0.4, -0.2) is 38.4 Å². The third-order valence-electron chi connectivity index (χ3n) is 6.35. The molecule has 7 atom stereocenters. The first-order valence-corrected chi connectivity index (χ1v) is 8.29. The van der Waals surface area contributed by atoms with Crippen LogP contribution in [0.15, 0.2) is 4.99 Å². The summed E-state index contributed by atoms with van der Waals surface area (Å²) in [4.78, 5) is 4.44. The topological polar surface area (TPSA) is 62.1 Å².